The number of rotatable bonds is 3. The first-order valence-electron chi connectivity index (χ1n) is 8.35. The number of aromatic amines is 1. The van der Waals surface area contributed by atoms with Crippen LogP contribution in [0.4, 0.5) is 11.8 Å². The largest absolute Gasteiger partial charge is 0.353 e. The van der Waals surface area contributed by atoms with Gasteiger partial charge in [-0.2, -0.15) is 4.98 Å². The number of nitrogens with zero attached hydrogens (tertiary/aromatic N) is 7. The average molecular weight is 336 g/mol. The van der Waals surface area contributed by atoms with E-state index in [-0.39, 0.29) is 0 Å². The predicted molar refractivity (Wildman–Crippen MR) is 95.5 cm³/mol. The maximum Gasteiger partial charge on any atom is 0.244 e. The van der Waals surface area contributed by atoms with Crippen molar-refractivity contribution in [3.05, 3.63) is 42.0 Å². The Morgan fingerprint density at radius 2 is 1.76 bits per heavy atom. The fourth-order valence-electron chi connectivity index (χ4n) is 2.93. The zero-order valence-electron chi connectivity index (χ0n) is 14.3. The molecule has 1 aliphatic heterocycles. The van der Waals surface area contributed by atoms with Crippen LogP contribution in [0.2, 0.25) is 0 Å². The zero-order chi connectivity index (χ0) is 17.2. The second kappa shape index (κ2) is 6.46. The summed E-state index contributed by atoms with van der Waals surface area (Å²) in [5.74, 6) is 3.22. The first kappa shape index (κ1) is 15.5. The van der Waals surface area contributed by atoms with E-state index in [9.17, 15) is 0 Å². The van der Waals surface area contributed by atoms with E-state index in [1.54, 1.807) is 6.20 Å². The molecule has 4 heterocycles. The minimum atomic E-state index is 0.669. The molecule has 8 nitrogen and oxygen atoms in total. The van der Waals surface area contributed by atoms with Crippen molar-refractivity contribution in [2.45, 2.75) is 13.8 Å². The molecule has 1 aliphatic rings. The molecule has 0 amide bonds. The monoisotopic (exact) mass is 336 g/mol. The first-order chi connectivity index (χ1) is 12.2. The molecule has 0 atom stereocenters. The molecule has 128 valence electrons. The van der Waals surface area contributed by atoms with E-state index >= 15 is 0 Å². The molecule has 0 saturated carbocycles. The molecule has 0 aliphatic carbocycles. The maximum atomic E-state index is 4.73. The minimum absolute atomic E-state index is 0.669. The third-order valence-corrected chi connectivity index (χ3v) is 4.21. The molecule has 1 fully saturated rings. The number of hydrogen-bond donors (Lipinski definition) is 1. The van der Waals surface area contributed by atoms with Gasteiger partial charge in [-0.05, 0) is 26.0 Å². The molecule has 4 rings (SSSR count). The van der Waals surface area contributed by atoms with Crippen molar-refractivity contribution >= 4 is 11.8 Å². The second-order valence-electron chi connectivity index (χ2n) is 6.10. The molecule has 0 aromatic carbocycles. The van der Waals surface area contributed by atoms with Crippen LogP contribution >= 0.6 is 0 Å². The summed E-state index contributed by atoms with van der Waals surface area (Å²) in [6.45, 7) is 7.36. The Hall–Kier alpha value is -3.03. The number of hydrogen-bond acceptors (Lipinski definition) is 7. The van der Waals surface area contributed by atoms with E-state index in [1.807, 2.05) is 38.1 Å². The van der Waals surface area contributed by atoms with Gasteiger partial charge in [-0.15, -0.1) is 5.10 Å². The van der Waals surface area contributed by atoms with Gasteiger partial charge in [-0.25, -0.2) is 9.97 Å². The highest BCUT2D eigenvalue weighted by atomic mass is 15.4. The van der Waals surface area contributed by atoms with Gasteiger partial charge in [0.1, 0.15) is 17.3 Å². The normalized spacial score (nSPS) is 14.8. The number of piperazine rings is 1. The smallest absolute Gasteiger partial charge is 0.244 e. The molecule has 0 radical (unpaired) electrons. The molecule has 3 aromatic heterocycles. The summed E-state index contributed by atoms with van der Waals surface area (Å²) in [7, 11) is 0. The Morgan fingerprint density at radius 1 is 0.960 bits per heavy atom. The van der Waals surface area contributed by atoms with Crippen molar-refractivity contribution in [2.75, 3.05) is 36.0 Å². The SMILES string of the molecule is Cc1cc(N2CCN(c3n[nH]c(C)n3)CC2)nc(-c2ccccn2)n1. The van der Waals surface area contributed by atoms with Crippen molar-refractivity contribution in [3.8, 4) is 11.5 Å². The quantitative estimate of drug-likeness (QED) is 0.777. The number of nitrogens with one attached hydrogen (secondary N) is 1. The summed E-state index contributed by atoms with van der Waals surface area (Å²) in [6.07, 6.45) is 1.76. The van der Waals surface area contributed by atoms with Gasteiger partial charge < -0.3 is 9.80 Å². The lowest BCUT2D eigenvalue weighted by Crippen LogP contribution is -2.47. The second-order valence-corrected chi connectivity index (χ2v) is 6.10. The maximum absolute atomic E-state index is 4.73. The van der Waals surface area contributed by atoms with Crippen LogP contribution < -0.4 is 9.80 Å². The minimum Gasteiger partial charge on any atom is -0.353 e. The van der Waals surface area contributed by atoms with Gasteiger partial charge in [0.05, 0.1) is 0 Å². The van der Waals surface area contributed by atoms with Crippen molar-refractivity contribution in [1.82, 2.24) is 30.1 Å². The first-order valence-corrected chi connectivity index (χ1v) is 8.35. The van der Waals surface area contributed by atoms with Crippen molar-refractivity contribution in [3.63, 3.8) is 0 Å². The van der Waals surface area contributed by atoms with Gasteiger partial charge in [0.15, 0.2) is 5.82 Å². The van der Waals surface area contributed by atoms with Gasteiger partial charge in [0.25, 0.3) is 0 Å². The van der Waals surface area contributed by atoms with Gasteiger partial charge in [-0.1, -0.05) is 6.07 Å². The number of pyridine rings is 1. The molecule has 1 saturated heterocycles. The van der Waals surface area contributed by atoms with Gasteiger partial charge >= 0.3 is 0 Å². The summed E-state index contributed by atoms with van der Waals surface area (Å²) in [5.41, 5.74) is 1.74. The van der Waals surface area contributed by atoms with Crippen LogP contribution in [0.25, 0.3) is 11.5 Å². The zero-order valence-corrected chi connectivity index (χ0v) is 14.3. The van der Waals surface area contributed by atoms with Crippen LogP contribution in [0.3, 0.4) is 0 Å². The Morgan fingerprint density at radius 3 is 2.44 bits per heavy atom. The summed E-state index contributed by atoms with van der Waals surface area (Å²) < 4.78 is 0. The Kier molecular flexibility index (Phi) is 4.01. The fourth-order valence-corrected chi connectivity index (χ4v) is 2.93. The van der Waals surface area contributed by atoms with Gasteiger partial charge in [0, 0.05) is 44.1 Å². The molecule has 1 N–H and O–H groups in total. The number of H-pyrrole nitrogens is 1. The number of aromatic nitrogens is 6. The van der Waals surface area contributed by atoms with E-state index in [1.165, 1.54) is 0 Å². The molecule has 0 unspecified atom stereocenters. The van der Waals surface area contributed by atoms with Gasteiger partial charge in [-0.3, -0.25) is 10.1 Å². The molecule has 0 bridgehead atoms. The highest BCUT2D eigenvalue weighted by molar-refractivity contribution is 5.54. The van der Waals surface area contributed by atoms with Crippen LogP contribution in [0.15, 0.2) is 30.5 Å². The molecule has 8 heteroatoms. The molecule has 25 heavy (non-hydrogen) atoms. The molecule has 3 aromatic rings. The molecular weight excluding hydrogens is 316 g/mol. The lowest BCUT2D eigenvalue weighted by atomic mass is 10.3. The van der Waals surface area contributed by atoms with Crippen molar-refractivity contribution in [1.29, 1.82) is 0 Å². The lowest BCUT2D eigenvalue weighted by molar-refractivity contribution is 0.635. The third kappa shape index (κ3) is 3.28. The van der Waals surface area contributed by atoms with Crippen LogP contribution in [0.5, 0.6) is 0 Å². The Labute approximate surface area is 146 Å². The van der Waals surface area contributed by atoms with Crippen LogP contribution in [-0.4, -0.2) is 56.3 Å². The Balaban J connectivity index is 1.52. The van der Waals surface area contributed by atoms with E-state index in [4.69, 9.17) is 4.98 Å². The van der Waals surface area contributed by atoms with E-state index in [0.29, 0.717) is 5.82 Å². The van der Waals surface area contributed by atoms with E-state index < -0.39 is 0 Å². The fraction of sp³-hybridized carbons (Fsp3) is 0.353. The molecule has 0 spiro atoms. The van der Waals surface area contributed by atoms with Crippen LogP contribution in [-0.2, 0) is 0 Å². The summed E-state index contributed by atoms with van der Waals surface area (Å²) >= 11 is 0. The summed E-state index contributed by atoms with van der Waals surface area (Å²) in [5, 5.41) is 7.14. The Bertz CT molecular complexity index is 852. The average Bonchev–Trinajstić information content (AvgIpc) is 3.08. The predicted octanol–water partition coefficient (Wildman–Crippen LogP) is 1.60. The number of aryl methyl sites for hydroxylation is 2. The van der Waals surface area contributed by atoms with E-state index in [2.05, 4.69) is 34.9 Å². The third-order valence-electron chi connectivity index (χ3n) is 4.21. The summed E-state index contributed by atoms with van der Waals surface area (Å²) in [6, 6.07) is 7.80. The molecular formula is C17H20N8. The van der Waals surface area contributed by atoms with Crippen molar-refractivity contribution < 1.29 is 0 Å². The highest BCUT2D eigenvalue weighted by Gasteiger charge is 2.21. The highest BCUT2D eigenvalue weighted by Crippen LogP contribution is 2.20. The van der Waals surface area contributed by atoms with Crippen LogP contribution in [0, 0.1) is 13.8 Å². The lowest BCUT2D eigenvalue weighted by Gasteiger charge is -2.34. The standard InChI is InChI=1S/C17H20N8/c1-12-11-15(21-16(19-12)14-5-3-4-6-18-14)24-7-9-25(10-8-24)17-20-13(2)22-23-17/h3-6,11H,7-10H2,1-2H3,(H,20,22,23). The van der Waals surface area contributed by atoms with E-state index in [0.717, 1.165) is 55.2 Å². The summed E-state index contributed by atoms with van der Waals surface area (Å²) in [4.78, 5) is 22.5. The van der Waals surface area contributed by atoms with Crippen molar-refractivity contribution in [2.24, 2.45) is 0 Å². The number of anilines is 2. The topological polar surface area (TPSA) is 86.7 Å². The van der Waals surface area contributed by atoms with Crippen LogP contribution in [0.1, 0.15) is 11.5 Å². The van der Waals surface area contributed by atoms with Gasteiger partial charge in [0.2, 0.25) is 5.95 Å².